The van der Waals surface area contributed by atoms with E-state index in [1.54, 1.807) is 7.05 Å². The van der Waals surface area contributed by atoms with Crippen LogP contribution in [0, 0.1) is 0 Å². The zero-order valence-corrected chi connectivity index (χ0v) is 16.5. The zero-order valence-electron chi connectivity index (χ0n) is 16.5. The Morgan fingerprint density at radius 3 is 2.03 bits per heavy atom. The molecule has 1 aliphatic carbocycles. The third-order valence-electron chi connectivity index (χ3n) is 5.11. The average Bonchev–Trinajstić information content (AvgIpc) is 3.03. The van der Waals surface area contributed by atoms with Crippen molar-refractivity contribution < 1.29 is 24.2 Å². The number of carboxylic acid groups (broad SMARTS) is 1. The van der Waals surface area contributed by atoms with Crippen molar-refractivity contribution in [1.29, 1.82) is 0 Å². The molecule has 0 aliphatic heterocycles. The number of carboxylic acids is 1. The van der Waals surface area contributed by atoms with Crippen molar-refractivity contribution >= 4 is 18.0 Å². The number of benzene rings is 2. The van der Waals surface area contributed by atoms with Gasteiger partial charge < -0.3 is 19.6 Å². The van der Waals surface area contributed by atoms with E-state index in [9.17, 15) is 14.4 Å². The Morgan fingerprint density at radius 1 is 0.931 bits per heavy atom. The monoisotopic (exact) mass is 396 g/mol. The second-order valence-electron chi connectivity index (χ2n) is 7.12. The summed E-state index contributed by atoms with van der Waals surface area (Å²) < 4.78 is 5.53. The molecule has 0 bridgehead atoms. The van der Waals surface area contributed by atoms with Gasteiger partial charge in [0.2, 0.25) is 5.91 Å². The molecule has 2 aromatic carbocycles. The molecule has 0 spiro atoms. The molecular formula is C22H24N2O5. The molecule has 0 fully saturated rings. The molecule has 152 valence electrons. The van der Waals surface area contributed by atoms with E-state index in [0.717, 1.165) is 27.2 Å². The maximum Gasteiger partial charge on any atom is 0.409 e. The first-order chi connectivity index (χ1) is 13.9. The molecule has 2 amide bonds. The van der Waals surface area contributed by atoms with E-state index in [-0.39, 0.29) is 37.9 Å². The first-order valence-electron chi connectivity index (χ1n) is 9.40. The van der Waals surface area contributed by atoms with Crippen LogP contribution in [0.25, 0.3) is 11.1 Å². The van der Waals surface area contributed by atoms with E-state index in [1.807, 2.05) is 24.3 Å². The van der Waals surface area contributed by atoms with Crippen LogP contribution in [0.5, 0.6) is 0 Å². The molecule has 0 saturated carbocycles. The van der Waals surface area contributed by atoms with Crippen LogP contribution in [0.2, 0.25) is 0 Å². The Labute approximate surface area is 169 Å². The van der Waals surface area contributed by atoms with E-state index in [0.29, 0.717) is 0 Å². The van der Waals surface area contributed by atoms with Gasteiger partial charge >= 0.3 is 12.1 Å². The van der Waals surface area contributed by atoms with Gasteiger partial charge in [-0.2, -0.15) is 0 Å². The molecule has 7 nitrogen and oxygen atoms in total. The minimum absolute atomic E-state index is 0.0249. The van der Waals surface area contributed by atoms with Crippen molar-refractivity contribution in [2.24, 2.45) is 0 Å². The van der Waals surface area contributed by atoms with E-state index < -0.39 is 12.1 Å². The lowest BCUT2D eigenvalue weighted by molar-refractivity contribution is -0.143. The number of carbonyl (C=O) groups excluding carboxylic acids is 2. The van der Waals surface area contributed by atoms with Gasteiger partial charge in [-0.25, -0.2) is 4.79 Å². The number of hydrogen-bond acceptors (Lipinski definition) is 4. The summed E-state index contributed by atoms with van der Waals surface area (Å²) in [7, 11) is 2.98. The number of fused-ring (bicyclic) bond motifs is 3. The predicted octanol–water partition coefficient (Wildman–Crippen LogP) is 2.80. The van der Waals surface area contributed by atoms with E-state index in [4.69, 9.17) is 9.84 Å². The largest absolute Gasteiger partial charge is 0.480 e. The number of nitrogens with zero attached hydrogens (tertiary/aromatic N) is 2. The molecule has 7 heteroatoms. The molecular weight excluding hydrogens is 372 g/mol. The summed E-state index contributed by atoms with van der Waals surface area (Å²) in [6.07, 6.45) is -0.481. The standard InChI is InChI=1S/C22H24N2O5/c1-23(12-11-20(25)24(2)13-21(26)27)22(28)29-14-19-17-9-5-3-7-15(17)16-8-4-6-10-18(16)19/h3-10,19H,11-14H2,1-2H3,(H,26,27). The Balaban J connectivity index is 1.57. The summed E-state index contributed by atoms with van der Waals surface area (Å²) in [6, 6.07) is 16.2. The van der Waals surface area contributed by atoms with Crippen LogP contribution in [0.4, 0.5) is 4.79 Å². The highest BCUT2D eigenvalue weighted by atomic mass is 16.6. The number of amides is 2. The highest BCUT2D eigenvalue weighted by Gasteiger charge is 2.29. The van der Waals surface area contributed by atoms with E-state index in [1.165, 1.54) is 11.9 Å². The van der Waals surface area contributed by atoms with Crippen molar-refractivity contribution in [2.45, 2.75) is 12.3 Å². The number of carbonyl (C=O) groups is 3. The number of ether oxygens (including phenoxy) is 1. The van der Waals surface area contributed by atoms with Gasteiger partial charge in [-0.3, -0.25) is 9.59 Å². The molecule has 0 atom stereocenters. The number of rotatable bonds is 7. The normalized spacial score (nSPS) is 12.1. The maximum absolute atomic E-state index is 12.4. The van der Waals surface area contributed by atoms with Crippen molar-refractivity contribution in [3.63, 3.8) is 0 Å². The lowest BCUT2D eigenvalue weighted by Crippen LogP contribution is -2.36. The molecule has 0 heterocycles. The van der Waals surface area contributed by atoms with Crippen LogP contribution in [0.15, 0.2) is 48.5 Å². The Kier molecular flexibility index (Phi) is 6.16. The molecule has 0 saturated heterocycles. The van der Waals surface area contributed by atoms with Crippen LogP contribution < -0.4 is 0 Å². The summed E-state index contributed by atoms with van der Waals surface area (Å²) in [6.45, 7) is -0.00295. The molecule has 1 N–H and O–H groups in total. The van der Waals surface area contributed by atoms with Crippen LogP contribution in [0.1, 0.15) is 23.5 Å². The van der Waals surface area contributed by atoms with Crippen LogP contribution in [-0.4, -0.2) is 66.7 Å². The van der Waals surface area contributed by atoms with Gasteiger partial charge in [-0.15, -0.1) is 0 Å². The van der Waals surface area contributed by atoms with Gasteiger partial charge in [0.15, 0.2) is 0 Å². The topological polar surface area (TPSA) is 87.2 Å². The highest BCUT2D eigenvalue weighted by molar-refractivity contribution is 5.81. The summed E-state index contributed by atoms with van der Waals surface area (Å²) in [5, 5.41) is 8.73. The van der Waals surface area contributed by atoms with Crippen LogP contribution in [-0.2, 0) is 14.3 Å². The Hall–Kier alpha value is -3.35. The summed E-state index contributed by atoms with van der Waals surface area (Å²) in [5.74, 6) is -1.44. The van der Waals surface area contributed by atoms with Gasteiger partial charge in [0, 0.05) is 33.0 Å². The minimum atomic E-state index is -1.08. The van der Waals surface area contributed by atoms with Gasteiger partial charge in [-0.05, 0) is 22.3 Å². The summed E-state index contributed by atoms with van der Waals surface area (Å²) in [5.41, 5.74) is 4.58. The quantitative estimate of drug-likeness (QED) is 0.778. The molecule has 0 unspecified atom stereocenters. The fourth-order valence-corrected chi connectivity index (χ4v) is 3.54. The highest BCUT2D eigenvalue weighted by Crippen LogP contribution is 2.44. The van der Waals surface area contributed by atoms with Crippen molar-refractivity contribution in [3.8, 4) is 11.1 Å². The zero-order chi connectivity index (χ0) is 21.0. The lowest BCUT2D eigenvalue weighted by Gasteiger charge is -2.21. The third kappa shape index (κ3) is 4.56. The second-order valence-corrected chi connectivity index (χ2v) is 7.12. The fourth-order valence-electron chi connectivity index (χ4n) is 3.54. The van der Waals surface area contributed by atoms with E-state index >= 15 is 0 Å². The summed E-state index contributed by atoms with van der Waals surface area (Å²) in [4.78, 5) is 37.4. The van der Waals surface area contributed by atoms with Crippen molar-refractivity contribution in [3.05, 3.63) is 59.7 Å². The maximum atomic E-state index is 12.4. The smallest absolute Gasteiger partial charge is 0.409 e. The first-order valence-corrected chi connectivity index (χ1v) is 9.40. The number of aliphatic carboxylic acids is 1. The van der Waals surface area contributed by atoms with E-state index in [2.05, 4.69) is 24.3 Å². The first kappa shape index (κ1) is 20.4. The van der Waals surface area contributed by atoms with Gasteiger partial charge in [0.05, 0.1) is 0 Å². The van der Waals surface area contributed by atoms with Crippen LogP contribution in [0.3, 0.4) is 0 Å². The van der Waals surface area contributed by atoms with Gasteiger partial charge in [-0.1, -0.05) is 48.5 Å². The Bertz CT molecular complexity index is 881. The number of hydrogen-bond donors (Lipinski definition) is 1. The van der Waals surface area contributed by atoms with Crippen molar-refractivity contribution in [2.75, 3.05) is 33.8 Å². The molecule has 0 radical (unpaired) electrons. The minimum Gasteiger partial charge on any atom is -0.480 e. The van der Waals surface area contributed by atoms with Gasteiger partial charge in [0.25, 0.3) is 0 Å². The molecule has 0 aromatic heterocycles. The molecule has 2 aromatic rings. The lowest BCUT2D eigenvalue weighted by atomic mass is 9.98. The summed E-state index contributed by atoms with van der Waals surface area (Å²) >= 11 is 0. The second kappa shape index (κ2) is 8.77. The van der Waals surface area contributed by atoms with Crippen molar-refractivity contribution in [1.82, 2.24) is 9.80 Å². The average molecular weight is 396 g/mol. The SMILES string of the molecule is CN(CC(=O)O)C(=O)CCN(C)C(=O)OCC1c2ccccc2-c2ccccc21. The van der Waals surface area contributed by atoms with Crippen LogP contribution >= 0.6 is 0 Å². The van der Waals surface area contributed by atoms with Gasteiger partial charge in [0.1, 0.15) is 13.2 Å². The predicted molar refractivity (Wildman–Crippen MR) is 108 cm³/mol. The third-order valence-corrected chi connectivity index (χ3v) is 5.11. The fraction of sp³-hybridized carbons (Fsp3) is 0.318. The molecule has 3 rings (SSSR count). The molecule has 29 heavy (non-hydrogen) atoms. The molecule has 1 aliphatic rings. The number of likely N-dealkylation sites (N-methyl/N-ethyl adjacent to an activating group) is 1. The Morgan fingerprint density at radius 2 is 1.48 bits per heavy atom.